The topological polar surface area (TPSA) is 42.5 Å². The predicted octanol–water partition coefficient (Wildman–Crippen LogP) is 2.99. The average Bonchev–Trinajstić information content (AvgIpc) is 2.42. The Balaban J connectivity index is 2.15. The highest BCUT2D eigenvalue weighted by atomic mass is 35.5. The zero-order valence-corrected chi connectivity index (χ0v) is 13.4. The van der Waals surface area contributed by atoms with Crippen LogP contribution in [0.2, 0.25) is 5.02 Å². The van der Waals surface area contributed by atoms with Gasteiger partial charge in [0.25, 0.3) is 0 Å². The summed E-state index contributed by atoms with van der Waals surface area (Å²) < 4.78 is 10.2. The fourth-order valence-corrected chi connectivity index (χ4v) is 1.87. The maximum absolute atomic E-state index is 6.05. The van der Waals surface area contributed by atoms with Crippen molar-refractivity contribution in [3.05, 3.63) is 28.8 Å². The van der Waals surface area contributed by atoms with E-state index in [-0.39, 0.29) is 0 Å². The molecule has 0 aliphatic heterocycles. The van der Waals surface area contributed by atoms with Crippen LogP contribution in [0.3, 0.4) is 0 Å². The van der Waals surface area contributed by atoms with E-state index in [1.54, 1.807) is 7.11 Å². The summed E-state index contributed by atoms with van der Waals surface area (Å²) in [6.07, 6.45) is 0.889. The third-order valence-electron chi connectivity index (χ3n) is 2.61. The van der Waals surface area contributed by atoms with Crippen molar-refractivity contribution in [1.29, 1.82) is 0 Å². The third-order valence-corrected chi connectivity index (χ3v) is 3.27. The van der Waals surface area contributed by atoms with E-state index >= 15 is 0 Å². The first-order valence-electron chi connectivity index (χ1n) is 6.51. The van der Waals surface area contributed by atoms with Gasteiger partial charge < -0.3 is 20.1 Å². The Morgan fingerprint density at radius 3 is 2.80 bits per heavy atom. The largest absolute Gasteiger partial charge is 0.382 e. The minimum Gasteiger partial charge on any atom is -0.382 e. The minimum atomic E-state index is 0.585. The number of halogens is 1. The van der Waals surface area contributed by atoms with Gasteiger partial charge in [0.15, 0.2) is 5.11 Å². The first kappa shape index (κ1) is 17.2. The van der Waals surface area contributed by atoms with Crippen LogP contribution in [0, 0.1) is 6.92 Å². The molecule has 1 rings (SSSR count). The summed E-state index contributed by atoms with van der Waals surface area (Å²) in [6.45, 7) is 4.67. The van der Waals surface area contributed by atoms with E-state index in [2.05, 4.69) is 10.6 Å². The number of anilines is 1. The highest BCUT2D eigenvalue weighted by Crippen LogP contribution is 2.19. The van der Waals surface area contributed by atoms with Crippen LogP contribution in [0.25, 0.3) is 0 Å². The normalized spacial score (nSPS) is 10.3. The molecule has 0 saturated heterocycles. The molecule has 20 heavy (non-hydrogen) atoms. The number of thiocarbonyl (C=S) groups is 1. The van der Waals surface area contributed by atoms with Gasteiger partial charge in [-0.25, -0.2) is 0 Å². The van der Waals surface area contributed by atoms with Gasteiger partial charge in [0.2, 0.25) is 0 Å². The molecular formula is C14H21ClN2O2S. The monoisotopic (exact) mass is 316 g/mol. The summed E-state index contributed by atoms with van der Waals surface area (Å²) in [4.78, 5) is 0. The Kier molecular flexibility index (Phi) is 8.53. The summed E-state index contributed by atoms with van der Waals surface area (Å²) in [6, 6.07) is 5.76. The number of nitrogens with one attached hydrogen (secondary N) is 2. The van der Waals surface area contributed by atoms with Crippen molar-refractivity contribution in [2.24, 2.45) is 0 Å². The summed E-state index contributed by atoms with van der Waals surface area (Å²) in [7, 11) is 1.66. The van der Waals surface area contributed by atoms with Crippen molar-refractivity contribution in [2.45, 2.75) is 13.3 Å². The van der Waals surface area contributed by atoms with E-state index in [1.807, 2.05) is 25.1 Å². The van der Waals surface area contributed by atoms with Crippen LogP contribution in [0.4, 0.5) is 5.69 Å². The number of aryl methyl sites for hydroxylation is 1. The molecule has 0 unspecified atom stereocenters. The Hall–Kier alpha value is -0.880. The smallest absolute Gasteiger partial charge is 0.170 e. The van der Waals surface area contributed by atoms with E-state index in [1.165, 1.54) is 0 Å². The van der Waals surface area contributed by atoms with Gasteiger partial charge in [0.1, 0.15) is 0 Å². The van der Waals surface area contributed by atoms with Crippen LogP contribution in [-0.2, 0) is 9.47 Å². The second-order valence-corrected chi connectivity index (χ2v) is 5.12. The lowest BCUT2D eigenvalue weighted by atomic mass is 10.2. The van der Waals surface area contributed by atoms with Crippen molar-refractivity contribution in [3.63, 3.8) is 0 Å². The molecule has 0 heterocycles. The SMILES string of the molecule is COCCOCCCNC(=S)Nc1ccc(C)c(Cl)c1. The van der Waals surface area contributed by atoms with Crippen LogP contribution >= 0.6 is 23.8 Å². The molecule has 0 spiro atoms. The first-order chi connectivity index (χ1) is 9.63. The van der Waals surface area contributed by atoms with Crippen molar-refractivity contribution in [2.75, 3.05) is 38.8 Å². The van der Waals surface area contributed by atoms with Crippen molar-refractivity contribution < 1.29 is 9.47 Å². The van der Waals surface area contributed by atoms with Crippen molar-refractivity contribution >= 4 is 34.6 Å². The molecule has 0 bridgehead atoms. The predicted molar refractivity (Wildman–Crippen MR) is 87.7 cm³/mol. The molecule has 112 valence electrons. The fourth-order valence-electron chi connectivity index (χ4n) is 1.47. The zero-order valence-electron chi connectivity index (χ0n) is 11.9. The van der Waals surface area contributed by atoms with E-state index < -0.39 is 0 Å². The number of ether oxygens (including phenoxy) is 2. The van der Waals surface area contributed by atoms with E-state index in [9.17, 15) is 0 Å². The highest BCUT2D eigenvalue weighted by molar-refractivity contribution is 7.80. The Labute approximate surface area is 130 Å². The molecule has 1 aromatic rings. The van der Waals surface area contributed by atoms with Crippen LogP contribution in [0.5, 0.6) is 0 Å². The van der Waals surface area contributed by atoms with Gasteiger partial charge in [0, 0.05) is 31.0 Å². The number of hydrogen-bond acceptors (Lipinski definition) is 3. The maximum atomic E-state index is 6.05. The Bertz CT molecular complexity index is 430. The summed E-state index contributed by atoms with van der Waals surface area (Å²) in [5.41, 5.74) is 1.93. The lowest BCUT2D eigenvalue weighted by molar-refractivity contribution is 0.0699. The number of benzene rings is 1. The van der Waals surface area contributed by atoms with Gasteiger partial charge in [0.05, 0.1) is 13.2 Å². The zero-order chi connectivity index (χ0) is 14.8. The minimum absolute atomic E-state index is 0.585. The van der Waals surface area contributed by atoms with Crippen LogP contribution in [0.1, 0.15) is 12.0 Å². The van der Waals surface area contributed by atoms with Gasteiger partial charge in [-0.05, 0) is 43.3 Å². The average molecular weight is 317 g/mol. The first-order valence-corrected chi connectivity index (χ1v) is 7.30. The van der Waals surface area contributed by atoms with Crippen LogP contribution in [0.15, 0.2) is 18.2 Å². The van der Waals surface area contributed by atoms with E-state index in [4.69, 9.17) is 33.3 Å². The lowest BCUT2D eigenvalue weighted by Gasteiger charge is -2.11. The molecule has 0 saturated carbocycles. The molecule has 0 fully saturated rings. The summed E-state index contributed by atoms with van der Waals surface area (Å²) in [5, 5.41) is 7.53. The molecule has 1 aromatic carbocycles. The van der Waals surface area contributed by atoms with E-state index in [0.29, 0.717) is 24.9 Å². The number of hydrogen-bond donors (Lipinski definition) is 2. The lowest BCUT2D eigenvalue weighted by Crippen LogP contribution is -2.29. The molecule has 6 heteroatoms. The number of methoxy groups -OCH3 is 1. The second-order valence-electron chi connectivity index (χ2n) is 4.30. The van der Waals surface area contributed by atoms with Crippen molar-refractivity contribution in [3.8, 4) is 0 Å². The molecule has 0 radical (unpaired) electrons. The highest BCUT2D eigenvalue weighted by Gasteiger charge is 2.00. The molecule has 0 aliphatic rings. The van der Waals surface area contributed by atoms with Crippen LogP contribution in [-0.4, -0.2) is 38.6 Å². The molecule has 0 amide bonds. The van der Waals surface area contributed by atoms with Gasteiger partial charge in [-0.2, -0.15) is 0 Å². The molecule has 0 atom stereocenters. The Morgan fingerprint density at radius 2 is 2.10 bits per heavy atom. The summed E-state index contributed by atoms with van der Waals surface area (Å²) >= 11 is 11.3. The van der Waals surface area contributed by atoms with Gasteiger partial charge in [-0.1, -0.05) is 17.7 Å². The molecule has 4 nitrogen and oxygen atoms in total. The van der Waals surface area contributed by atoms with Crippen LogP contribution < -0.4 is 10.6 Å². The fraction of sp³-hybridized carbons (Fsp3) is 0.500. The third kappa shape index (κ3) is 7.05. The van der Waals surface area contributed by atoms with Gasteiger partial charge in [-0.3, -0.25) is 0 Å². The molecule has 2 N–H and O–H groups in total. The number of rotatable bonds is 8. The van der Waals surface area contributed by atoms with Crippen molar-refractivity contribution in [1.82, 2.24) is 5.32 Å². The molecular weight excluding hydrogens is 296 g/mol. The summed E-state index contributed by atoms with van der Waals surface area (Å²) in [5.74, 6) is 0. The molecule has 0 aromatic heterocycles. The quantitative estimate of drug-likeness (QED) is 0.570. The molecule has 0 aliphatic carbocycles. The standard InChI is InChI=1S/C14H21ClN2O2S/c1-11-4-5-12(10-13(11)15)17-14(20)16-6-3-7-19-9-8-18-2/h4-5,10H,3,6-9H2,1-2H3,(H2,16,17,20). The van der Waals surface area contributed by atoms with E-state index in [0.717, 1.165) is 29.2 Å². The van der Waals surface area contributed by atoms with Gasteiger partial charge in [-0.15, -0.1) is 0 Å². The van der Waals surface area contributed by atoms with Gasteiger partial charge >= 0.3 is 0 Å². The maximum Gasteiger partial charge on any atom is 0.170 e. The second kappa shape index (κ2) is 9.94. The Morgan fingerprint density at radius 1 is 1.30 bits per heavy atom.